The number of hydrogen-bond donors (Lipinski definition) is 1. The lowest BCUT2D eigenvalue weighted by Crippen LogP contribution is -2.18. The molecule has 102 valence electrons. The molecule has 0 aliphatic heterocycles. The fourth-order valence-corrected chi connectivity index (χ4v) is 2.56. The number of benzene rings is 1. The third-order valence-electron chi connectivity index (χ3n) is 2.47. The highest BCUT2D eigenvalue weighted by Gasteiger charge is 2.32. The summed E-state index contributed by atoms with van der Waals surface area (Å²) in [6.07, 6.45) is -4.76. The molecule has 2 rings (SSSR count). The predicted molar refractivity (Wildman–Crippen MR) is 67.1 cm³/mol. The first-order valence-corrected chi connectivity index (χ1v) is 6.32. The van der Waals surface area contributed by atoms with Crippen molar-refractivity contribution in [3.8, 4) is 16.2 Å². The van der Waals surface area contributed by atoms with Gasteiger partial charge in [-0.3, -0.25) is 0 Å². The van der Waals surface area contributed by atoms with E-state index in [0.29, 0.717) is 0 Å². The summed E-state index contributed by atoms with van der Waals surface area (Å²) in [5, 5.41) is 11.1. The SMILES string of the molecule is Cc1csc(-c2ccc(OC(F)(F)F)c(CO)c2)c1. The molecule has 0 aliphatic carbocycles. The maximum absolute atomic E-state index is 12.2. The Morgan fingerprint density at radius 2 is 2.00 bits per heavy atom. The zero-order valence-corrected chi connectivity index (χ0v) is 10.8. The van der Waals surface area contributed by atoms with Crippen molar-refractivity contribution < 1.29 is 23.0 Å². The fourth-order valence-electron chi connectivity index (χ4n) is 1.66. The van der Waals surface area contributed by atoms with Crippen LogP contribution in [0.5, 0.6) is 5.75 Å². The second kappa shape index (κ2) is 5.22. The molecule has 1 heterocycles. The van der Waals surface area contributed by atoms with Crippen LogP contribution in [0.2, 0.25) is 0 Å². The Balaban J connectivity index is 2.36. The van der Waals surface area contributed by atoms with Crippen LogP contribution in [0.25, 0.3) is 10.4 Å². The third-order valence-corrected chi connectivity index (χ3v) is 3.57. The topological polar surface area (TPSA) is 29.5 Å². The molecule has 2 aromatic rings. The van der Waals surface area contributed by atoms with E-state index in [4.69, 9.17) is 5.11 Å². The molecule has 0 unspecified atom stereocenters. The fraction of sp³-hybridized carbons (Fsp3) is 0.231. The predicted octanol–water partition coefficient (Wildman–Crippen LogP) is 4.11. The zero-order chi connectivity index (χ0) is 14.0. The first kappa shape index (κ1) is 13.9. The second-order valence-corrected chi connectivity index (χ2v) is 4.93. The van der Waals surface area contributed by atoms with Crippen LogP contribution in [-0.4, -0.2) is 11.5 Å². The lowest BCUT2D eigenvalue weighted by Gasteiger charge is -2.13. The van der Waals surface area contributed by atoms with Crippen LogP contribution in [0.4, 0.5) is 13.2 Å². The lowest BCUT2D eigenvalue weighted by molar-refractivity contribution is -0.275. The minimum atomic E-state index is -4.76. The number of aliphatic hydroxyl groups is 1. The normalized spacial score (nSPS) is 11.6. The number of aliphatic hydroxyl groups excluding tert-OH is 1. The van der Waals surface area contributed by atoms with Gasteiger partial charge < -0.3 is 9.84 Å². The molecule has 0 atom stereocenters. The van der Waals surface area contributed by atoms with Gasteiger partial charge in [0, 0.05) is 10.4 Å². The monoisotopic (exact) mass is 288 g/mol. The Kier molecular flexibility index (Phi) is 3.82. The van der Waals surface area contributed by atoms with E-state index in [2.05, 4.69) is 4.74 Å². The average molecular weight is 288 g/mol. The molecule has 0 saturated heterocycles. The highest BCUT2D eigenvalue weighted by atomic mass is 32.1. The summed E-state index contributed by atoms with van der Waals surface area (Å²) in [6, 6.07) is 6.22. The highest BCUT2D eigenvalue weighted by molar-refractivity contribution is 7.13. The zero-order valence-electron chi connectivity index (χ0n) is 9.99. The Morgan fingerprint density at radius 1 is 1.26 bits per heavy atom. The number of aryl methyl sites for hydroxylation is 1. The molecule has 0 radical (unpaired) electrons. The van der Waals surface area contributed by atoms with Gasteiger partial charge in [-0.15, -0.1) is 24.5 Å². The third kappa shape index (κ3) is 3.48. The van der Waals surface area contributed by atoms with Crippen molar-refractivity contribution >= 4 is 11.3 Å². The Hall–Kier alpha value is -1.53. The van der Waals surface area contributed by atoms with E-state index in [0.717, 1.165) is 16.0 Å². The molecule has 0 spiro atoms. The van der Waals surface area contributed by atoms with Crippen molar-refractivity contribution in [2.24, 2.45) is 0 Å². The molecule has 6 heteroatoms. The molecule has 0 saturated carbocycles. The number of rotatable bonds is 3. The van der Waals surface area contributed by atoms with E-state index in [1.54, 1.807) is 6.07 Å². The minimum absolute atomic E-state index is 0.112. The number of alkyl halides is 3. The van der Waals surface area contributed by atoms with Gasteiger partial charge in [0.05, 0.1) is 6.61 Å². The van der Waals surface area contributed by atoms with Crippen molar-refractivity contribution in [2.75, 3.05) is 0 Å². The van der Waals surface area contributed by atoms with Gasteiger partial charge in [-0.05, 0) is 47.7 Å². The van der Waals surface area contributed by atoms with E-state index < -0.39 is 13.0 Å². The van der Waals surface area contributed by atoms with Gasteiger partial charge in [-0.1, -0.05) is 0 Å². The van der Waals surface area contributed by atoms with Gasteiger partial charge in [0.1, 0.15) is 5.75 Å². The van der Waals surface area contributed by atoms with Crippen LogP contribution >= 0.6 is 11.3 Å². The molecular formula is C13H11F3O2S. The highest BCUT2D eigenvalue weighted by Crippen LogP contribution is 2.33. The molecule has 0 aliphatic rings. The van der Waals surface area contributed by atoms with Gasteiger partial charge in [0.25, 0.3) is 0 Å². The first-order valence-electron chi connectivity index (χ1n) is 5.44. The maximum Gasteiger partial charge on any atom is 0.573 e. The van der Waals surface area contributed by atoms with Gasteiger partial charge in [0.15, 0.2) is 0 Å². The largest absolute Gasteiger partial charge is 0.573 e. The summed E-state index contributed by atoms with van der Waals surface area (Å²) in [5.41, 5.74) is 1.96. The Labute approximate surface area is 112 Å². The van der Waals surface area contributed by atoms with E-state index in [9.17, 15) is 13.2 Å². The van der Waals surface area contributed by atoms with Crippen LogP contribution in [0.1, 0.15) is 11.1 Å². The van der Waals surface area contributed by atoms with E-state index in [-0.39, 0.29) is 11.3 Å². The smallest absolute Gasteiger partial charge is 0.405 e. The standard InChI is InChI=1S/C13H11F3O2S/c1-8-4-12(19-7-8)9-2-3-11(10(5-9)6-17)18-13(14,15)16/h2-5,7,17H,6H2,1H3. The van der Waals surface area contributed by atoms with E-state index in [1.165, 1.54) is 23.5 Å². The Morgan fingerprint density at radius 3 is 2.53 bits per heavy atom. The second-order valence-electron chi connectivity index (χ2n) is 4.02. The number of hydrogen-bond acceptors (Lipinski definition) is 3. The van der Waals surface area contributed by atoms with Gasteiger partial charge in [0.2, 0.25) is 0 Å². The summed E-state index contributed by atoms with van der Waals surface area (Å²) >= 11 is 1.50. The number of ether oxygens (including phenoxy) is 1. The van der Waals surface area contributed by atoms with Crippen molar-refractivity contribution in [1.29, 1.82) is 0 Å². The average Bonchev–Trinajstić information content (AvgIpc) is 2.74. The quantitative estimate of drug-likeness (QED) is 0.920. The molecule has 0 bridgehead atoms. The van der Waals surface area contributed by atoms with Crippen molar-refractivity contribution in [1.82, 2.24) is 0 Å². The summed E-state index contributed by atoms with van der Waals surface area (Å²) < 4.78 is 40.4. The molecule has 2 nitrogen and oxygen atoms in total. The van der Waals surface area contributed by atoms with E-state index in [1.807, 2.05) is 18.4 Å². The molecule has 1 aromatic carbocycles. The molecule has 1 aromatic heterocycles. The van der Waals surface area contributed by atoms with Crippen LogP contribution < -0.4 is 4.74 Å². The maximum atomic E-state index is 12.2. The van der Waals surface area contributed by atoms with Crippen LogP contribution in [0.15, 0.2) is 29.6 Å². The summed E-state index contributed by atoms with van der Waals surface area (Å²) in [7, 11) is 0. The Bertz CT molecular complexity index is 576. The molecule has 0 fully saturated rings. The number of thiophene rings is 1. The van der Waals surface area contributed by atoms with Crippen molar-refractivity contribution in [3.05, 3.63) is 40.8 Å². The summed E-state index contributed by atoms with van der Waals surface area (Å²) in [6.45, 7) is 1.43. The van der Waals surface area contributed by atoms with Gasteiger partial charge in [-0.25, -0.2) is 0 Å². The van der Waals surface area contributed by atoms with Gasteiger partial charge >= 0.3 is 6.36 Å². The van der Waals surface area contributed by atoms with Gasteiger partial charge in [-0.2, -0.15) is 0 Å². The number of halogens is 3. The summed E-state index contributed by atoms with van der Waals surface area (Å²) in [4.78, 5) is 0.936. The van der Waals surface area contributed by atoms with E-state index >= 15 is 0 Å². The lowest BCUT2D eigenvalue weighted by atomic mass is 10.1. The van der Waals surface area contributed by atoms with Crippen molar-refractivity contribution in [2.45, 2.75) is 19.9 Å². The first-order chi connectivity index (χ1) is 8.89. The van der Waals surface area contributed by atoms with Crippen LogP contribution in [-0.2, 0) is 6.61 Å². The minimum Gasteiger partial charge on any atom is -0.405 e. The van der Waals surface area contributed by atoms with Crippen LogP contribution in [0.3, 0.4) is 0 Å². The van der Waals surface area contributed by atoms with Crippen LogP contribution in [0, 0.1) is 6.92 Å². The molecule has 0 amide bonds. The molecule has 19 heavy (non-hydrogen) atoms. The summed E-state index contributed by atoms with van der Waals surface area (Å²) in [5.74, 6) is -0.368. The molecule has 1 N–H and O–H groups in total. The van der Waals surface area contributed by atoms with Crippen molar-refractivity contribution in [3.63, 3.8) is 0 Å². The molecular weight excluding hydrogens is 277 g/mol.